The third-order valence-corrected chi connectivity index (χ3v) is 3.60. The summed E-state index contributed by atoms with van der Waals surface area (Å²) in [7, 11) is 2.19. The normalized spacial score (nSPS) is 21.4. The second-order valence-corrected chi connectivity index (χ2v) is 5.32. The van der Waals surface area contributed by atoms with Crippen LogP contribution in [0, 0.1) is 0 Å². The van der Waals surface area contributed by atoms with Crippen molar-refractivity contribution in [3.8, 4) is 0 Å². The lowest BCUT2D eigenvalue weighted by Crippen LogP contribution is -2.38. The fourth-order valence-electron chi connectivity index (χ4n) is 2.57. The van der Waals surface area contributed by atoms with E-state index >= 15 is 0 Å². The number of nitrogens with one attached hydrogen (secondary N) is 1. The third kappa shape index (κ3) is 3.88. The number of hydrogen-bond donors (Lipinski definition) is 1. The highest BCUT2D eigenvalue weighted by Crippen LogP contribution is 2.17. The highest BCUT2D eigenvalue weighted by Gasteiger charge is 2.20. The Morgan fingerprint density at radius 1 is 1.32 bits per heavy atom. The average Bonchev–Trinajstić information content (AvgIpc) is 2.58. The van der Waals surface area contributed by atoms with Gasteiger partial charge in [-0.05, 0) is 45.6 Å². The zero-order valence-electron chi connectivity index (χ0n) is 12.3. The molecule has 0 spiro atoms. The minimum absolute atomic E-state index is 0.487. The SMILES string of the molecule is CCNCc1ccc(N2CCCN(C)CC2C)nn1. The second kappa shape index (κ2) is 6.82. The van der Waals surface area contributed by atoms with Gasteiger partial charge < -0.3 is 15.1 Å². The van der Waals surface area contributed by atoms with Crippen LogP contribution in [0.1, 0.15) is 26.0 Å². The van der Waals surface area contributed by atoms with Crippen molar-refractivity contribution in [2.75, 3.05) is 38.1 Å². The molecule has 2 heterocycles. The van der Waals surface area contributed by atoms with Gasteiger partial charge >= 0.3 is 0 Å². The number of nitrogens with zero attached hydrogens (tertiary/aromatic N) is 4. The summed E-state index contributed by atoms with van der Waals surface area (Å²) in [5, 5.41) is 12.0. The van der Waals surface area contributed by atoms with Crippen molar-refractivity contribution >= 4 is 5.82 Å². The molecule has 1 unspecified atom stereocenters. The molecule has 106 valence electrons. The van der Waals surface area contributed by atoms with E-state index in [4.69, 9.17) is 0 Å². The highest BCUT2D eigenvalue weighted by atomic mass is 15.3. The molecule has 1 N–H and O–H groups in total. The number of hydrogen-bond acceptors (Lipinski definition) is 5. The summed E-state index contributed by atoms with van der Waals surface area (Å²) in [6, 6.07) is 4.66. The summed E-state index contributed by atoms with van der Waals surface area (Å²) in [5.41, 5.74) is 1.00. The Labute approximate surface area is 116 Å². The van der Waals surface area contributed by atoms with E-state index in [2.05, 4.69) is 58.3 Å². The molecule has 2 rings (SSSR count). The molecule has 1 atom stereocenters. The highest BCUT2D eigenvalue weighted by molar-refractivity contribution is 5.39. The molecular formula is C14H25N5. The van der Waals surface area contributed by atoms with E-state index < -0.39 is 0 Å². The van der Waals surface area contributed by atoms with Crippen LogP contribution in [-0.4, -0.2) is 54.4 Å². The van der Waals surface area contributed by atoms with Gasteiger partial charge in [0.15, 0.2) is 5.82 Å². The molecule has 1 aromatic rings. The monoisotopic (exact) mass is 263 g/mol. The lowest BCUT2D eigenvalue weighted by molar-refractivity contribution is 0.337. The van der Waals surface area contributed by atoms with Crippen molar-refractivity contribution in [3.05, 3.63) is 17.8 Å². The zero-order valence-corrected chi connectivity index (χ0v) is 12.3. The third-order valence-electron chi connectivity index (χ3n) is 3.60. The summed E-state index contributed by atoms with van der Waals surface area (Å²) in [6.07, 6.45) is 1.18. The molecule has 19 heavy (non-hydrogen) atoms. The molecule has 0 amide bonds. The first-order valence-corrected chi connectivity index (χ1v) is 7.19. The van der Waals surface area contributed by atoms with E-state index in [1.165, 1.54) is 6.42 Å². The van der Waals surface area contributed by atoms with Crippen LogP contribution in [0.25, 0.3) is 0 Å². The Balaban J connectivity index is 2.03. The predicted octanol–water partition coefficient (Wildman–Crippen LogP) is 1.12. The maximum absolute atomic E-state index is 4.39. The van der Waals surface area contributed by atoms with Crippen LogP contribution in [0.5, 0.6) is 0 Å². The summed E-state index contributed by atoms with van der Waals surface area (Å²) in [4.78, 5) is 4.76. The van der Waals surface area contributed by atoms with Gasteiger partial charge in [0.2, 0.25) is 0 Å². The largest absolute Gasteiger partial charge is 0.351 e. The van der Waals surface area contributed by atoms with Crippen molar-refractivity contribution in [2.24, 2.45) is 0 Å². The quantitative estimate of drug-likeness (QED) is 0.882. The van der Waals surface area contributed by atoms with Crippen molar-refractivity contribution in [1.82, 2.24) is 20.4 Å². The number of aromatic nitrogens is 2. The van der Waals surface area contributed by atoms with Crippen LogP contribution >= 0.6 is 0 Å². The van der Waals surface area contributed by atoms with Gasteiger partial charge in [0.25, 0.3) is 0 Å². The van der Waals surface area contributed by atoms with Crippen molar-refractivity contribution in [3.63, 3.8) is 0 Å². The molecule has 1 fully saturated rings. The summed E-state index contributed by atoms with van der Waals surface area (Å²) < 4.78 is 0. The van der Waals surface area contributed by atoms with Gasteiger partial charge in [-0.3, -0.25) is 0 Å². The molecule has 1 aromatic heterocycles. The fraction of sp³-hybridized carbons (Fsp3) is 0.714. The van der Waals surface area contributed by atoms with Crippen LogP contribution < -0.4 is 10.2 Å². The standard InChI is InChI=1S/C14H25N5/c1-4-15-10-13-6-7-14(17-16-13)19-9-5-8-18(3)11-12(19)2/h6-7,12,15H,4-5,8-11H2,1-3H3. The van der Waals surface area contributed by atoms with E-state index in [9.17, 15) is 0 Å². The van der Waals surface area contributed by atoms with Gasteiger partial charge in [-0.25, -0.2) is 0 Å². The maximum atomic E-state index is 4.39. The maximum Gasteiger partial charge on any atom is 0.151 e. The zero-order chi connectivity index (χ0) is 13.7. The van der Waals surface area contributed by atoms with E-state index in [0.29, 0.717) is 6.04 Å². The molecule has 1 saturated heterocycles. The smallest absolute Gasteiger partial charge is 0.151 e. The Kier molecular flexibility index (Phi) is 5.10. The van der Waals surface area contributed by atoms with Crippen LogP contribution in [0.3, 0.4) is 0 Å². The van der Waals surface area contributed by atoms with Gasteiger partial charge in [0, 0.05) is 25.7 Å². The van der Waals surface area contributed by atoms with E-state index in [1.54, 1.807) is 0 Å². The van der Waals surface area contributed by atoms with Gasteiger partial charge in [0.05, 0.1) is 5.69 Å². The molecule has 1 aliphatic heterocycles. The number of anilines is 1. The Morgan fingerprint density at radius 3 is 2.84 bits per heavy atom. The number of likely N-dealkylation sites (N-methyl/N-ethyl adjacent to an activating group) is 1. The minimum atomic E-state index is 0.487. The Hall–Kier alpha value is -1.20. The number of rotatable bonds is 4. The molecule has 5 nitrogen and oxygen atoms in total. The van der Waals surface area contributed by atoms with Gasteiger partial charge in [-0.15, -0.1) is 5.10 Å². The first-order valence-electron chi connectivity index (χ1n) is 7.19. The molecule has 0 aliphatic carbocycles. The van der Waals surface area contributed by atoms with E-state index in [0.717, 1.165) is 44.2 Å². The first-order chi connectivity index (χ1) is 9.20. The van der Waals surface area contributed by atoms with Crippen LogP contribution in [-0.2, 0) is 6.54 Å². The van der Waals surface area contributed by atoms with Crippen LogP contribution in [0.4, 0.5) is 5.82 Å². The summed E-state index contributed by atoms with van der Waals surface area (Å²) in [5.74, 6) is 1.00. The average molecular weight is 263 g/mol. The molecular weight excluding hydrogens is 238 g/mol. The van der Waals surface area contributed by atoms with Crippen LogP contribution in [0.2, 0.25) is 0 Å². The van der Waals surface area contributed by atoms with Crippen LogP contribution in [0.15, 0.2) is 12.1 Å². The molecule has 5 heteroatoms. The van der Waals surface area contributed by atoms with Gasteiger partial charge in [0.1, 0.15) is 0 Å². The van der Waals surface area contributed by atoms with Gasteiger partial charge in [-0.2, -0.15) is 5.10 Å². The Morgan fingerprint density at radius 2 is 2.16 bits per heavy atom. The summed E-state index contributed by atoms with van der Waals surface area (Å²) >= 11 is 0. The lowest BCUT2D eigenvalue weighted by atomic mass is 10.2. The second-order valence-electron chi connectivity index (χ2n) is 5.32. The molecule has 1 aliphatic rings. The topological polar surface area (TPSA) is 44.3 Å². The minimum Gasteiger partial charge on any atom is -0.351 e. The molecule has 0 aromatic carbocycles. The lowest BCUT2D eigenvalue weighted by Gasteiger charge is -2.28. The molecule has 0 bridgehead atoms. The van der Waals surface area contributed by atoms with Crippen molar-refractivity contribution < 1.29 is 0 Å². The predicted molar refractivity (Wildman–Crippen MR) is 78.3 cm³/mol. The summed E-state index contributed by atoms with van der Waals surface area (Å²) in [6.45, 7) is 9.41. The molecule has 0 radical (unpaired) electrons. The van der Waals surface area contributed by atoms with E-state index in [-0.39, 0.29) is 0 Å². The van der Waals surface area contributed by atoms with Crippen molar-refractivity contribution in [1.29, 1.82) is 0 Å². The van der Waals surface area contributed by atoms with Crippen molar-refractivity contribution in [2.45, 2.75) is 32.9 Å². The fourth-order valence-corrected chi connectivity index (χ4v) is 2.57. The Bertz CT molecular complexity index is 378. The first kappa shape index (κ1) is 14.2. The van der Waals surface area contributed by atoms with E-state index in [1.807, 2.05) is 0 Å². The molecule has 0 saturated carbocycles. The van der Waals surface area contributed by atoms with Gasteiger partial charge in [-0.1, -0.05) is 6.92 Å².